The number of aromatic amines is 1. The van der Waals surface area contributed by atoms with Gasteiger partial charge in [-0.25, -0.2) is 9.78 Å². The average Bonchev–Trinajstić information content (AvgIpc) is 3.56. The number of nitrogens with one attached hydrogen (secondary N) is 1. The Morgan fingerprint density at radius 2 is 1.90 bits per heavy atom. The maximum atomic E-state index is 13.3. The molecule has 1 aliphatic heterocycles. The summed E-state index contributed by atoms with van der Waals surface area (Å²) in [6.07, 6.45) is -0.798. The van der Waals surface area contributed by atoms with Crippen molar-refractivity contribution in [2.24, 2.45) is 0 Å². The Morgan fingerprint density at radius 3 is 2.64 bits per heavy atom. The molecule has 39 heavy (non-hydrogen) atoms. The third-order valence-corrected chi connectivity index (χ3v) is 5.91. The summed E-state index contributed by atoms with van der Waals surface area (Å²) in [5, 5.41) is 12.7. The van der Waals surface area contributed by atoms with Gasteiger partial charge in [-0.3, -0.25) is 0 Å². The number of rotatable bonds is 6. The second-order valence-electron chi connectivity index (χ2n) is 8.46. The van der Waals surface area contributed by atoms with Crippen molar-refractivity contribution in [2.75, 3.05) is 36.3 Å². The second-order valence-corrected chi connectivity index (χ2v) is 8.46. The molecule has 0 amide bonds. The van der Waals surface area contributed by atoms with Gasteiger partial charge < -0.3 is 19.5 Å². The number of carbonyl (C=O) groups excluding carboxylic acids is 1. The van der Waals surface area contributed by atoms with Crippen LogP contribution in [-0.4, -0.2) is 78.2 Å². The van der Waals surface area contributed by atoms with Crippen LogP contribution in [0.3, 0.4) is 0 Å². The number of hydrogen-bond acceptors (Lipinski definition) is 11. The number of ether oxygens (including phenoxy) is 1. The van der Waals surface area contributed by atoms with E-state index in [2.05, 4.69) is 35.2 Å². The Bertz CT molecular complexity index is 1600. The van der Waals surface area contributed by atoms with Crippen LogP contribution in [0.15, 0.2) is 48.9 Å². The van der Waals surface area contributed by atoms with Gasteiger partial charge in [-0.2, -0.15) is 48.0 Å². The summed E-state index contributed by atoms with van der Waals surface area (Å²) in [6, 6.07) is 8.75. The zero-order chi connectivity index (χ0) is 27.0. The summed E-state index contributed by atoms with van der Waals surface area (Å²) in [5.41, 5.74) is 2.64. The number of anilines is 2. The highest BCUT2D eigenvalue weighted by atomic mass is 19.4. The van der Waals surface area contributed by atoms with Crippen LogP contribution in [0, 0.1) is 0 Å². The topological polar surface area (TPSA) is 140 Å². The number of carbonyl (C=O) groups is 1. The van der Waals surface area contributed by atoms with Crippen LogP contribution in [0.5, 0.6) is 0 Å². The molecule has 1 fully saturated rings. The van der Waals surface area contributed by atoms with E-state index < -0.39 is 18.7 Å². The fourth-order valence-electron chi connectivity index (χ4n) is 4.08. The first-order valence-electron chi connectivity index (χ1n) is 11.7. The van der Waals surface area contributed by atoms with Gasteiger partial charge in [-0.15, -0.1) is 0 Å². The monoisotopic (exact) mass is 540 g/mol. The Kier molecular flexibility index (Phi) is 6.14. The van der Waals surface area contributed by atoms with Gasteiger partial charge in [0.05, 0.1) is 42.8 Å². The predicted molar refractivity (Wildman–Crippen MR) is 129 cm³/mol. The molecule has 1 saturated heterocycles. The summed E-state index contributed by atoms with van der Waals surface area (Å²) in [6.45, 7) is 1.33. The molecule has 4 aromatic heterocycles. The van der Waals surface area contributed by atoms with E-state index in [4.69, 9.17) is 9.57 Å². The van der Waals surface area contributed by atoms with E-state index in [-0.39, 0.29) is 23.4 Å². The minimum atomic E-state index is -5.26. The van der Waals surface area contributed by atoms with Gasteiger partial charge in [0.2, 0.25) is 5.95 Å². The Balaban J connectivity index is 1.50. The van der Waals surface area contributed by atoms with Crippen LogP contribution in [0.25, 0.3) is 27.8 Å². The highest BCUT2D eigenvalue weighted by molar-refractivity contribution is 5.79. The summed E-state index contributed by atoms with van der Waals surface area (Å²) in [7, 11) is 0. The lowest BCUT2D eigenvalue weighted by Crippen LogP contribution is -2.39. The van der Waals surface area contributed by atoms with Crippen LogP contribution in [0.1, 0.15) is 5.82 Å². The average molecular weight is 540 g/mol. The number of morpholine rings is 1. The lowest BCUT2D eigenvalue weighted by molar-refractivity contribution is -0.201. The number of para-hydroxylation sites is 2. The third kappa shape index (κ3) is 4.88. The number of hydroxylamine groups is 1. The van der Waals surface area contributed by atoms with Gasteiger partial charge in [0, 0.05) is 24.2 Å². The number of hydrogen-bond donors (Lipinski definition) is 1. The smallest absolute Gasteiger partial charge is 0.378 e. The SMILES string of the molecule is O=C(ON(Cc1nc2ccccc2[nH]1)c1nc(N2CCOCC2)nc2c(-c3ccnnc3)cnn12)C(F)(F)F. The molecule has 1 aromatic carbocycles. The number of alkyl halides is 3. The molecule has 0 unspecified atom stereocenters. The highest BCUT2D eigenvalue weighted by Gasteiger charge is 2.43. The first-order valence-corrected chi connectivity index (χ1v) is 11.7. The van der Waals surface area contributed by atoms with Crippen LogP contribution < -0.4 is 9.96 Å². The van der Waals surface area contributed by atoms with Crippen molar-refractivity contribution in [1.82, 2.24) is 39.7 Å². The normalized spacial score (nSPS) is 14.2. The zero-order valence-corrected chi connectivity index (χ0v) is 20.0. The highest BCUT2D eigenvalue weighted by Crippen LogP contribution is 2.29. The number of aromatic nitrogens is 8. The molecule has 0 atom stereocenters. The Hall–Kier alpha value is -4.86. The molecule has 6 rings (SSSR count). The summed E-state index contributed by atoms with van der Waals surface area (Å²) in [4.78, 5) is 35.3. The van der Waals surface area contributed by atoms with Crippen molar-refractivity contribution < 1.29 is 27.5 Å². The maximum absolute atomic E-state index is 13.3. The van der Waals surface area contributed by atoms with Crippen LogP contribution in [0.2, 0.25) is 0 Å². The largest absolute Gasteiger partial charge is 0.493 e. The Labute approximate surface area is 217 Å². The van der Waals surface area contributed by atoms with Gasteiger partial charge in [0.15, 0.2) is 5.65 Å². The van der Waals surface area contributed by atoms with E-state index in [0.29, 0.717) is 53.5 Å². The van der Waals surface area contributed by atoms with Gasteiger partial charge in [0.1, 0.15) is 12.4 Å². The quantitative estimate of drug-likeness (QED) is 0.317. The minimum absolute atomic E-state index is 0.197. The van der Waals surface area contributed by atoms with Crippen molar-refractivity contribution in [1.29, 1.82) is 0 Å². The number of benzene rings is 1. The van der Waals surface area contributed by atoms with Crippen LogP contribution >= 0.6 is 0 Å². The molecule has 13 nitrogen and oxygen atoms in total. The molecule has 1 N–H and O–H groups in total. The van der Waals surface area contributed by atoms with E-state index in [0.717, 1.165) is 0 Å². The zero-order valence-electron chi connectivity index (χ0n) is 20.0. The fraction of sp³-hybridized carbons (Fsp3) is 0.261. The minimum Gasteiger partial charge on any atom is -0.378 e. The van der Waals surface area contributed by atoms with E-state index in [1.165, 1.54) is 23.1 Å². The lowest BCUT2D eigenvalue weighted by Gasteiger charge is -2.28. The van der Waals surface area contributed by atoms with Gasteiger partial charge >= 0.3 is 12.1 Å². The standard InChI is InChI=1S/C23H19F3N10O3/c24-23(25,26)20(37)39-35(13-18-30-16-3-1-2-4-17(16)31-18)22-33-21(34-7-9-38-10-8-34)32-19-15(12-29-36(19)22)14-5-6-27-28-11-14/h1-6,11-12H,7-10,13H2,(H,30,31). The molecule has 16 heteroatoms. The molecular formula is C23H19F3N10O3. The van der Waals surface area contributed by atoms with Crippen molar-refractivity contribution in [3.05, 3.63) is 54.7 Å². The van der Waals surface area contributed by atoms with Crippen LogP contribution in [-0.2, 0) is 20.9 Å². The van der Waals surface area contributed by atoms with Crippen molar-refractivity contribution >= 4 is 34.5 Å². The third-order valence-electron chi connectivity index (χ3n) is 5.91. The number of nitrogens with zero attached hydrogens (tertiary/aromatic N) is 9. The van der Waals surface area contributed by atoms with E-state index >= 15 is 0 Å². The molecule has 5 aromatic rings. The molecule has 0 spiro atoms. The summed E-state index contributed by atoms with van der Waals surface area (Å²) >= 11 is 0. The molecule has 0 aliphatic carbocycles. The molecule has 1 aliphatic rings. The number of H-pyrrole nitrogens is 1. The van der Waals surface area contributed by atoms with Gasteiger partial charge in [-0.1, -0.05) is 12.1 Å². The predicted octanol–water partition coefficient (Wildman–Crippen LogP) is 2.32. The van der Waals surface area contributed by atoms with E-state index in [1.54, 1.807) is 30.3 Å². The molecule has 0 bridgehead atoms. The first kappa shape index (κ1) is 24.5. The second kappa shape index (κ2) is 9.79. The van der Waals surface area contributed by atoms with E-state index in [9.17, 15) is 18.0 Å². The van der Waals surface area contributed by atoms with Crippen molar-refractivity contribution in [3.63, 3.8) is 0 Å². The van der Waals surface area contributed by atoms with E-state index in [1.807, 2.05) is 4.90 Å². The first-order chi connectivity index (χ1) is 18.9. The number of halogens is 3. The number of imidazole rings is 1. The summed E-state index contributed by atoms with van der Waals surface area (Å²) in [5.74, 6) is -2.21. The molecule has 0 radical (unpaired) electrons. The van der Waals surface area contributed by atoms with Gasteiger partial charge in [-0.05, 0) is 18.2 Å². The molecular weight excluding hydrogens is 521 g/mol. The summed E-state index contributed by atoms with van der Waals surface area (Å²) < 4.78 is 46.6. The Morgan fingerprint density at radius 1 is 1.08 bits per heavy atom. The lowest BCUT2D eigenvalue weighted by atomic mass is 10.2. The van der Waals surface area contributed by atoms with Crippen LogP contribution in [0.4, 0.5) is 25.1 Å². The van der Waals surface area contributed by atoms with Crippen molar-refractivity contribution in [2.45, 2.75) is 12.7 Å². The maximum Gasteiger partial charge on any atom is 0.493 e. The molecule has 200 valence electrons. The van der Waals surface area contributed by atoms with Crippen molar-refractivity contribution in [3.8, 4) is 11.1 Å². The van der Waals surface area contributed by atoms with Gasteiger partial charge in [0.25, 0.3) is 5.95 Å². The fourth-order valence-corrected chi connectivity index (χ4v) is 4.08. The molecule has 5 heterocycles. The number of fused-ring (bicyclic) bond motifs is 2. The molecule has 0 saturated carbocycles.